The summed E-state index contributed by atoms with van der Waals surface area (Å²) >= 11 is 1.67. The van der Waals surface area contributed by atoms with E-state index in [4.69, 9.17) is 9.47 Å². The molecule has 0 aliphatic heterocycles. The molecule has 0 fully saturated rings. The third kappa shape index (κ3) is 6.57. The zero-order chi connectivity index (χ0) is 10.8. The van der Waals surface area contributed by atoms with Gasteiger partial charge in [0.2, 0.25) is 0 Å². The maximum atomic E-state index is 5.40. The second-order valence-electron chi connectivity index (χ2n) is 3.10. The Hall–Kier alpha value is -0.490. The summed E-state index contributed by atoms with van der Waals surface area (Å²) in [5.41, 5.74) is 1.85. The Morgan fingerprint density at radius 2 is 2.33 bits per heavy atom. The number of aromatic nitrogens is 1. The quantitative estimate of drug-likeness (QED) is 0.649. The van der Waals surface area contributed by atoms with Gasteiger partial charge in [0.05, 0.1) is 12.1 Å². The number of ether oxygens (including phenoxy) is 2. The van der Waals surface area contributed by atoms with Gasteiger partial charge in [-0.2, -0.15) is 0 Å². The number of nitrogens with zero attached hydrogens (tertiary/aromatic N) is 1. The van der Waals surface area contributed by atoms with Gasteiger partial charge >= 0.3 is 0 Å². The van der Waals surface area contributed by atoms with Crippen molar-refractivity contribution < 1.29 is 9.47 Å². The fourth-order valence-electron chi connectivity index (χ4n) is 1.09. The molecule has 0 spiro atoms. The van der Waals surface area contributed by atoms with Gasteiger partial charge in [-0.3, -0.25) is 4.98 Å². The van der Waals surface area contributed by atoms with Crippen molar-refractivity contribution >= 4 is 11.3 Å². The Balaban J connectivity index is 1.81. The van der Waals surface area contributed by atoms with Crippen LogP contribution in [0.5, 0.6) is 0 Å². The molecule has 4 nitrogen and oxygen atoms in total. The molecule has 0 aliphatic rings. The molecule has 1 aromatic heterocycles. The van der Waals surface area contributed by atoms with Gasteiger partial charge < -0.3 is 14.8 Å². The first-order valence-corrected chi connectivity index (χ1v) is 5.96. The molecule has 0 atom stereocenters. The summed E-state index contributed by atoms with van der Waals surface area (Å²) in [5.74, 6) is 0. The molecule has 0 saturated heterocycles. The lowest BCUT2D eigenvalue weighted by molar-refractivity contribution is 0.104. The lowest BCUT2D eigenvalue weighted by atomic mass is 10.5. The minimum atomic E-state index is 0.752. The summed E-state index contributed by atoms with van der Waals surface area (Å²) in [7, 11) is 1.70. The van der Waals surface area contributed by atoms with Crippen molar-refractivity contribution in [1.29, 1.82) is 0 Å². The summed E-state index contributed by atoms with van der Waals surface area (Å²) in [4.78, 5) is 5.26. The standard InChI is InChI=1S/C10H18N2O2S/c1-13-4-2-5-14-6-3-11-7-10-8-12-9-15-10/h8-9,11H,2-7H2,1H3. The number of thiazole rings is 1. The third-order valence-electron chi connectivity index (χ3n) is 1.84. The molecule has 0 aromatic carbocycles. The smallest absolute Gasteiger partial charge is 0.0794 e. The van der Waals surface area contributed by atoms with Gasteiger partial charge in [-0.05, 0) is 6.42 Å². The average Bonchev–Trinajstić information content (AvgIpc) is 2.75. The van der Waals surface area contributed by atoms with E-state index >= 15 is 0 Å². The monoisotopic (exact) mass is 230 g/mol. The van der Waals surface area contributed by atoms with Crippen molar-refractivity contribution in [3.8, 4) is 0 Å². The SMILES string of the molecule is COCCCOCCNCc1cncs1. The lowest BCUT2D eigenvalue weighted by Gasteiger charge is -2.04. The number of methoxy groups -OCH3 is 1. The van der Waals surface area contributed by atoms with E-state index in [0.29, 0.717) is 0 Å². The molecule has 0 radical (unpaired) electrons. The highest BCUT2D eigenvalue weighted by atomic mass is 32.1. The minimum absolute atomic E-state index is 0.752. The van der Waals surface area contributed by atoms with Crippen molar-refractivity contribution in [3.63, 3.8) is 0 Å². The minimum Gasteiger partial charge on any atom is -0.385 e. The molecule has 1 rings (SSSR count). The van der Waals surface area contributed by atoms with E-state index in [1.807, 2.05) is 11.7 Å². The Kier molecular flexibility index (Phi) is 7.37. The summed E-state index contributed by atoms with van der Waals surface area (Å²) in [6.45, 7) is 4.06. The summed E-state index contributed by atoms with van der Waals surface area (Å²) in [6, 6.07) is 0. The van der Waals surface area contributed by atoms with Crippen LogP contribution in [0.1, 0.15) is 11.3 Å². The van der Waals surface area contributed by atoms with Crippen LogP contribution in [0, 0.1) is 0 Å². The van der Waals surface area contributed by atoms with E-state index in [0.717, 1.165) is 39.3 Å². The fraction of sp³-hybridized carbons (Fsp3) is 0.700. The zero-order valence-corrected chi connectivity index (χ0v) is 9.89. The van der Waals surface area contributed by atoms with Crippen LogP contribution in [-0.2, 0) is 16.0 Å². The highest BCUT2D eigenvalue weighted by Gasteiger charge is 1.93. The molecular weight excluding hydrogens is 212 g/mol. The van der Waals surface area contributed by atoms with Crippen LogP contribution in [0.25, 0.3) is 0 Å². The molecule has 0 amide bonds. The average molecular weight is 230 g/mol. The first-order valence-electron chi connectivity index (χ1n) is 5.08. The van der Waals surface area contributed by atoms with Crippen molar-refractivity contribution in [2.24, 2.45) is 0 Å². The summed E-state index contributed by atoms with van der Waals surface area (Å²) in [5, 5.41) is 3.29. The van der Waals surface area contributed by atoms with Gasteiger partial charge in [0.1, 0.15) is 0 Å². The van der Waals surface area contributed by atoms with Crippen molar-refractivity contribution in [3.05, 3.63) is 16.6 Å². The Bertz CT molecular complexity index is 229. The maximum Gasteiger partial charge on any atom is 0.0794 e. The number of hydrogen-bond acceptors (Lipinski definition) is 5. The zero-order valence-electron chi connectivity index (χ0n) is 9.07. The predicted molar refractivity (Wildman–Crippen MR) is 61.1 cm³/mol. The number of nitrogens with one attached hydrogen (secondary N) is 1. The van der Waals surface area contributed by atoms with Gasteiger partial charge in [-0.1, -0.05) is 0 Å². The van der Waals surface area contributed by atoms with E-state index in [2.05, 4.69) is 10.3 Å². The molecular formula is C10H18N2O2S. The molecule has 1 heterocycles. The molecule has 0 bridgehead atoms. The molecule has 15 heavy (non-hydrogen) atoms. The Morgan fingerprint density at radius 3 is 3.07 bits per heavy atom. The molecule has 0 aliphatic carbocycles. The van der Waals surface area contributed by atoms with Gasteiger partial charge in [-0.25, -0.2) is 0 Å². The third-order valence-corrected chi connectivity index (χ3v) is 2.62. The van der Waals surface area contributed by atoms with E-state index < -0.39 is 0 Å². The van der Waals surface area contributed by atoms with Crippen LogP contribution in [0.15, 0.2) is 11.7 Å². The van der Waals surface area contributed by atoms with Gasteiger partial charge in [0.15, 0.2) is 0 Å². The molecule has 1 aromatic rings. The molecule has 86 valence electrons. The first kappa shape index (κ1) is 12.6. The Morgan fingerprint density at radius 1 is 1.40 bits per heavy atom. The van der Waals surface area contributed by atoms with Gasteiger partial charge in [0.25, 0.3) is 0 Å². The number of rotatable bonds is 9. The molecule has 0 saturated carbocycles. The molecule has 5 heteroatoms. The van der Waals surface area contributed by atoms with Gasteiger partial charge in [-0.15, -0.1) is 11.3 Å². The van der Waals surface area contributed by atoms with Crippen molar-refractivity contribution in [2.75, 3.05) is 33.5 Å². The fourth-order valence-corrected chi connectivity index (χ4v) is 1.66. The number of hydrogen-bond donors (Lipinski definition) is 1. The Labute approximate surface area is 94.6 Å². The van der Waals surface area contributed by atoms with Crippen LogP contribution in [0.3, 0.4) is 0 Å². The van der Waals surface area contributed by atoms with E-state index in [1.165, 1.54) is 4.88 Å². The maximum absolute atomic E-state index is 5.40. The van der Waals surface area contributed by atoms with Crippen LogP contribution in [0.4, 0.5) is 0 Å². The van der Waals surface area contributed by atoms with Crippen LogP contribution in [-0.4, -0.2) is 38.5 Å². The van der Waals surface area contributed by atoms with E-state index in [9.17, 15) is 0 Å². The predicted octanol–water partition coefficient (Wildman–Crippen LogP) is 1.29. The molecule has 1 N–H and O–H groups in total. The first-order chi connectivity index (χ1) is 7.43. The van der Waals surface area contributed by atoms with Crippen LogP contribution >= 0.6 is 11.3 Å². The molecule has 0 unspecified atom stereocenters. The second-order valence-corrected chi connectivity index (χ2v) is 4.07. The normalized spacial score (nSPS) is 10.7. The lowest BCUT2D eigenvalue weighted by Crippen LogP contribution is -2.19. The van der Waals surface area contributed by atoms with Crippen molar-refractivity contribution in [2.45, 2.75) is 13.0 Å². The topological polar surface area (TPSA) is 43.4 Å². The second kappa shape index (κ2) is 8.79. The highest BCUT2D eigenvalue weighted by molar-refractivity contribution is 7.09. The largest absolute Gasteiger partial charge is 0.385 e. The van der Waals surface area contributed by atoms with E-state index in [1.54, 1.807) is 18.4 Å². The summed E-state index contributed by atoms with van der Waals surface area (Å²) in [6.07, 6.45) is 2.85. The van der Waals surface area contributed by atoms with Crippen LogP contribution in [0.2, 0.25) is 0 Å². The van der Waals surface area contributed by atoms with Crippen molar-refractivity contribution in [1.82, 2.24) is 10.3 Å². The highest BCUT2D eigenvalue weighted by Crippen LogP contribution is 2.03. The van der Waals surface area contributed by atoms with Gasteiger partial charge in [0, 0.05) is 44.5 Å². The summed E-state index contributed by atoms with van der Waals surface area (Å²) < 4.78 is 10.3. The van der Waals surface area contributed by atoms with Crippen LogP contribution < -0.4 is 5.32 Å². The van der Waals surface area contributed by atoms with E-state index in [-0.39, 0.29) is 0 Å².